The van der Waals surface area contributed by atoms with E-state index in [0.29, 0.717) is 0 Å². The SMILES string of the molecule is CC1CCC(OC(=O)C2C(C)(C)C2(C)C)CC1. The fourth-order valence-electron chi connectivity index (χ4n) is 3.37. The van der Waals surface area contributed by atoms with Crippen LogP contribution in [-0.2, 0) is 9.53 Å². The topological polar surface area (TPSA) is 26.3 Å². The molecule has 2 nitrogen and oxygen atoms in total. The van der Waals surface area contributed by atoms with E-state index in [0.717, 1.165) is 18.8 Å². The minimum absolute atomic E-state index is 0.0413. The lowest BCUT2D eigenvalue weighted by Crippen LogP contribution is -2.25. The molecule has 2 rings (SSSR count). The van der Waals surface area contributed by atoms with Crippen molar-refractivity contribution in [1.29, 1.82) is 0 Å². The summed E-state index contributed by atoms with van der Waals surface area (Å²) >= 11 is 0. The molecule has 2 aliphatic carbocycles. The Hall–Kier alpha value is -0.530. The third-order valence-corrected chi connectivity index (χ3v) is 5.50. The van der Waals surface area contributed by atoms with Crippen LogP contribution in [0.15, 0.2) is 0 Å². The fourth-order valence-corrected chi connectivity index (χ4v) is 3.37. The number of esters is 1. The summed E-state index contributed by atoms with van der Waals surface area (Å²) in [6.45, 7) is 11.0. The molecule has 17 heavy (non-hydrogen) atoms. The molecular weight excluding hydrogens is 212 g/mol. The smallest absolute Gasteiger partial charge is 0.310 e. The van der Waals surface area contributed by atoms with Gasteiger partial charge in [-0.3, -0.25) is 4.79 Å². The van der Waals surface area contributed by atoms with Crippen molar-refractivity contribution in [3.8, 4) is 0 Å². The van der Waals surface area contributed by atoms with Gasteiger partial charge in [0.1, 0.15) is 6.10 Å². The summed E-state index contributed by atoms with van der Waals surface area (Å²) in [4.78, 5) is 12.2. The number of hydrogen-bond donors (Lipinski definition) is 0. The van der Waals surface area contributed by atoms with Crippen molar-refractivity contribution in [2.24, 2.45) is 22.7 Å². The molecule has 2 heteroatoms. The molecule has 2 aliphatic rings. The van der Waals surface area contributed by atoms with Crippen LogP contribution in [0.2, 0.25) is 0 Å². The lowest BCUT2D eigenvalue weighted by molar-refractivity contribution is -0.154. The number of carbonyl (C=O) groups excluding carboxylic acids is 1. The van der Waals surface area contributed by atoms with Gasteiger partial charge >= 0.3 is 5.97 Å². The maximum atomic E-state index is 12.2. The third-order valence-electron chi connectivity index (χ3n) is 5.50. The maximum Gasteiger partial charge on any atom is 0.310 e. The minimum Gasteiger partial charge on any atom is -0.462 e. The van der Waals surface area contributed by atoms with E-state index in [2.05, 4.69) is 34.6 Å². The molecule has 0 bridgehead atoms. The molecule has 0 radical (unpaired) electrons. The van der Waals surface area contributed by atoms with E-state index < -0.39 is 0 Å². The van der Waals surface area contributed by atoms with Gasteiger partial charge in [0, 0.05) is 0 Å². The highest BCUT2D eigenvalue weighted by Crippen LogP contribution is 2.68. The Bertz CT molecular complexity index is 295. The van der Waals surface area contributed by atoms with Crippen molar-refractivity contribution in [3.05, 3.63) is 0 Å². The molecule has 0 aliphatic heterocycles. The van der Waals surface area contributed by atoms with Crippen LogP contribution in [0.25, 0.3) is 0 Å². The first-order valence-corrected chi connectivity index (χ1v) is 6.97. The largest absolute Gasteiger partial charge is 0.462 e. The van der Waals surface area contributed by atoms with Crippen molar-refractivity contribution < 1.29 is 9.53 Å². The summed E-state index contributed by atoms with van der Waals surface area (Å²) in [5.74, 6) is 0.938. The Labute approximate surface area is 105 Å². The van der Waals surface area contributed by atoms with Crippen LogP contribution < -0.4 is 0 Å². The molecule has 0 amide bonds. The van der Waals surface area contributed by atoms with Crippen LogP contribution in [0.5, 0.6) is 0 Å². The third kappa shape index (κ3) is 2.11. The van der Waals surface area contributed by atoms with Crippen LogP contribution in [0, 0.1) is 22.7 Å². The molecule has 0 N–H and O–H groups in total. The maximum absolute atomic E-state index is 12.2. The van der Waals surface area contributed by atoms with E-state index in [1.54, 1.807) is 0 Å². The first-order valence-electron chi connectivity index (χ1n) is 6.97. The van der Waals surface area contributed by atoms with Crippen LogP contribution in [0.1, 0.15) is 60.3 Å². The van der Waals surface area contributed by atoms with E-state index in [1.807, 2.05) is 0 Å². The molecule has 0 unspecified atom stereocenters. The minimum atomic E-state index is 0.0413. The molecule has 0 spiro atoms. The van der Waals surface area contributed by atoms with E-state index in [4.69, 9.17) is 4.74 Å². The molecule has 2 saturated carbocycles. The highest BCUT2D eigenvalue weighted by Gasteiger charge is 2.69. The van der Waals surface area contributed by atoms with Gasteiger partial charge in [0.25, 0.3) is 0 Å². The summed E-state index contributed by atoms with van der Waals surface area (Å²) in [6, 6.07) is 0. The average Bonchev–Trinajstić information content (AvgIpc) is 2.61. The molecule has 98 valence electrons. The van der Waals surface area contributed by atoms with E-state index in [9.17, 15) is 4.79 Å². The van der Waals surface area contributed by atoms with Crippen molar-refractivity contribution in [3.63, 3.8) is 0 Å². The Morgan fingerprint density at radius 1 is 1.00 bits per heavy atom. The Kier molecular flexibility index (Phi) is 3.04. The second-order valence-electron chi connectivity index (χ2n) is 7.20. The normalized spacial score (nSPS) is 35.4. The molecule has 0 aromatic rings. The van der Waals surface area contributed by atoms with Crippen molar-refractivity contribution in [2.45, 2.75) is 66.4 Å². The molecule has 0 aromatic heterocycles. The van der Waals surface area contributed by atoms with Crippen molar-refractivity contribution >= 4 is 5.97 Å². The molecule has 0 aromatic carbocycles. The molecular formula is C15H26O2. The van der Waals surface area contributed by atoms with Gasteiger partial charge in [-0.15, -0.1) is 0 Å². The zero-order valence-electron chi connectivity index (χ0n) is 11.9. The predicted octanol–water partition coefficient (Wildman–Crippen LogP) is 3.79. The second kappa shape index (κ2) is 4.00. The summed E-state index contributed by atoms with van der Waals surface area (Å²) < 4.78 is 5.70. The van der Waals surface area contributed by atoms with Gasteiger partial charge in [-0.2, -0.15) is 0 Å². The van der Waals surface area contributed by atoms with E-state index in [-0.39, 0.29) is 28.8 Å². The number of ether oxygens (including phenoxy) is 1. The first kappa shape index (κ1) is 12.9. The molecule has 0 atom stereocenters. The van der Waals surface area contributed by atoms with Gasteiger partial charge < -0.3 is 4.74 Å². The fraction of sp³-hybridized carbons (Fsp3) is 0.933. The highest BCUT2D eigenvalue weighted by molar-refractivity contribution is 5.79. The lowest BCUT2D eigenvalue weighted by atomic mass is 9.89. The van der Waals surface area contributed by atoms with Crippen molar-refractivity contribution in [1.82, 2.24) is 0 Å². The average molecular weight is 238 g/mol. The number of carbonyl (C=O) groups is 1. The monoisotopic (exact) mass is 238 g/mol. The standard InChI is InChI=1S/C15H26O2/c1-10-6-8-11(9-7-10)17-13(16)12-14(2,3)15(12,4)5/h10-12H,6-9H2,1-5H3. The molecule has 0 heterocycles. The Morgan fingerprint density at radius 3 is 1.88 bits per heavy atom. The van der Waals surface area contributed by atoms with Crippen LogP contribution >= 0.6 is 0 Å². The zero-order valence-corrected chi connectivity index (χ0v) is 11.9. The van der Waals surface area contributed by atoms with Gasteiger partial charge in [0.2, 0.25) is 0 Å². The van der Waals surface area contributed by atoms with Gasteiger partial charge in [-0.05, 0) is 42.4 Å². The Morgan fingerprint density at radius 2 is 1.47 bits per heavy atom. The van der Waals surface area contributed by atoms with Gasteiger partial charge in [-0.25, -0.2) is 0 Å². The van der Waals surface area contributed by atoms with Crippen molar-refractivity contribution in [2.75, 3.05) is 0 Å². The first-order chi connectivity index (χ1) is 7.76. The quantitative estimate of drug-likeness (QED) is 0.684. The Balaban J connectivity index is 1.87. The number of hydrogen-bond acceptors (Lipinski definition) is 2. The van der Waals surface area contributed by atoms with E-state index >= 15 is 0 Å². The zero-order chi connectivity index (χ0) is 12.8. The van der Waals surface area contributed by atoms with Gasteiger partial charge in [-0.1, -0.05) is 34.6 Å². The summed E-state index contributed by atoms with van der Waals surface area (Å²) in [5.41, 5.74) is 0.206. The molecule has 0 saturated heterocycles. The van der Waals surface area contributed by atoms with Gasteiger partial charge in [0.05, 0.1) is 5.92 Å². The summed E-state index contributed by atoms with van der Waals surface area (Å²) in [5, 5.41) is 0. The van der Waals surface area contributed by atoms with Gasteiger partial charge in [0.15, 0.2) is 0 Å². The van der Waals surface area contributed by atoms with Crippen LogP contribution in [0.3, 0.4) is 0 Å². The summed E-state index contributed by atoms with van der Waals surface area (Å²) in [6.07, 6.45) is 4.71. The van der Waals surface area contributed by atoms with Crippen LogP contribution in [0.4, 0.5) is 0 Å². The highest BCUT2D eigenvalue weighted by atomic mass is 16.5. The predicted molar refractivity (Wildman–Crippen MR) is 68.6 cm³/mol. The number of rotatable bonds is 2. The summed E-state index contributed by atoms with van der Waals surface area (Å²) in [7, 11) is 0. The van der Waals surface area contributed by atoms with Crippen LogP contribution in [-0.4, -0.2) is 12.1 Å². The second-order valence-corrected chi connectivity index (χ2v) is 7.20. The lowest BCUT2D eigenvalue weighted by Gasteiger charge is -2.26. The molecule has 2 fully saturated rings. The van der Waals surface area contributed by atoms with E-state index in [1.165, 1.54) is 12.8 Å².